The van der Waals surface area contributed by atoms with Crippen molar-refractivity contribution in [1.82, 2.24) is 4.98 Å². The van der Waals surface area contributed by atoms with Gasteiger partial charge in [-0.2, -0.15) is 13.2 Å². The third-order valence-corrected chi connectivity index (χ3v) is 4.34. The molecule has 3 rings (SSSR count). The highest BCUT2D eigenvalue weighted by molar-refractivity contribution is 5.94. The molecule has 0 amide bonds. The Labute approximate surface area is 159 Å². The number of methoxy groups -OCH3 is 2. The van der Waals surface area contributed by atoms with Crippen molar-refractivity contribution in [3.63, 3.8) is 0 Å². The van der Waals surface area contributed by atoms with Crippen LogP contribution in [0.3, 0.4) is 0 Å². The summed E-state index contributed by atoms with van der Waals surface area (Å²) >= 11 is 0. The normalized spacial score (nSPS) is 14.1. The number of aliphatic carboxylic acids is 1. The number of fused-ring (bicyclic) bond motifs is 1. The summed E-state index contributed by atoms with van der Waals surface area (Å²) in [6, 6.07) is 5.99. The van der Waals surface area contributed by atoms with Gasteiger partial charge >= 0.3 is 12.1 Å². The summed E-state index contributed by atoms with van der Waals surface area (Å²) in [6.45, 7) is 2.88. The molecule has 1 aromatic heterocycles. The Morgan fingerprint density at radius 2 is 1.86 bits per heavy atom. The summed E-state index contributed by atoms with van der Waals surface area (Å²) in [5.74, 6) is -0.608. The first-order valence-electron chi connectivity index (χ1n) is 8.47. The Morgan fingerprint density at radius 1 is 1.29 bits per heavy atom. The molecule has 0 bridgehead atoms. The first-order chi connectivity index (χ1) is 13.2. The van der Waals surface area contributed by atoms with Gasteiger partial charge in [0.1, 0.15) is 0 Å². The molecule has 1 aliphatic heterocycles. The molecule has 0 spiro atoms. The topological polar surface area (TPSA) is 97.9 Å². The number of rotatable bonds is 5. The summed E-state index contributed by atoms with van der Waals surface area (Å²) in [5, 5.41) is 8.22. The molecular weight excluding hydrogens is 379 g/mol. The summed E-state index contributed by atoms with van der Waals surface area (Å²) in [4.78, 5) is 15.7. The van der Waals surface area contributed by atoms with Crippen LogP contribution in [0.1, 0.15) is 6.42 Å². The van der Waals surface area contributed by atoms with E-state index in [0.717, 1.165) is 42.7 Å². The van der Waals surface area contributed by atoms with Crippen molar-refractivity contribution in [2.24, 2.45) is 11.7 Å². The monoisotopic (exact) mass is 401 g/mol. The standard InChI is InChI=1S/C16H21N3O2.C2HF3O2/c1-20-15-7-12-13(8-16(15)21-2)18-6-4-14(12)19-9-11(10-19)3-5-17;3-2(4,5)1(6)7/h4,6-8,11H,3,5,9-10,17H2,1-2H3;(H,6,7). The smallest absolute Gasteiger partial charge is 0.490 e. The summed E-state index contributed by atoms with van der Waals surface area (Å²) in [5.41, 5.74) is 7.75. The maximum Gasteiger partial charge on any atom is 0.490 e. The zero-order valence-corrected chi connectivity index (χ0v) is 15.5. The Morgan fingerprint density at radius 3 is 2.36 bits per heavy atom. The fraction of sp³-hybridized carbons (Fsp3) is 0.444. The third kappa shape index (κ3) is 4.94. The van der Waals surface area contributed by atoms with E-state index in [1.165, 1.54) is 5.69 Å². The fourth-order valence-corrected chi connectivity index (χ4v) is 2.92. The lowest BCUT2D eigenvalue weighted by atomic mass is 9.95. The van der Waals surface area contributed by atoms with Crippen molar-refractivity contribution in [2.45, 2.75) is 12.6 Å². The van der Waals surface area contributed by atoms with Gasteiger partial charge in [0.25, 0.3) is 0 Å². The Balaban J connectivity index is 0.000000345. The van der Waals surface area contributed by atoms with E-state index in [0.29, 0.717) is 11.7 Å². The first-order valence-corrected chi connectivity index (χ1v) is 8.47. The van der Waals surface area contributed by atoms with E-state index in [-0.39, 0.29) is 0 Å². The van der Waals surface area contributed by atoms with Gasteiger partial charge in [-0.15, -0.1) is 0 Å². The lowest BCUT2D eigenvalue weighted by Gasteiger charge is -2.41. The molecule has 1 aromatic carbocycles. The van der Waals surface area contributed by atoms with Crippen molar-refractivity contribution in [2.75, 3.05) is 38.8 Å². The summed E-state index contributed by atoms with van der Waals surface area (Å²) in [6.07, 6.45) is -2.14. The number of nitrogens with two attached hydrogens (primary N) is 1. The van der Waals surface area contributed by atoms with Gasteiger partial charge in [-0.05, 0) is 31.0 Å². The molecule has 0 aliphatic carbocycles. The highest BCUT2D eigenvalue weighted by Gasteiger charge is 2.38. The molecule has 1 aliphatic rings. The molecule has 2 aromatic rings. The van der Waals surface area contributed by atoms with Gasteiger partial charge in [0.15, 0.2) is 11.5 Å². The van der Waals surface area contributed by atoms with Crippen LogP contribution < -0.4 is 20.1 Å². The Bertz CT molecular complexity index is 824. The van der Waals surface area contributed by atoms with Gasteiger partial charge in [-0.1, -0.05) is 0 Å². The molecule has 0 saturated carbocycles. The predicted octanol–water partition coefficient (Wildman–Crippen LogP) is 2.67. The van der Waals surface area contributed by atoms with Crippen LogP contribution in [0.4, 0.5) is 18.9 Å². The molecule has 2 heterocycles. The van der Waals surface area contributed by atoms with E-state index in [9.17, 15) is 13.2 Å². The number of anilines is 1. The number of benzene rings is 1. The molecule has 0 unspecified atom stereocenters. The van der Waals surface area contributed by atoms with Crippen LogP contribution >= 0.6 is 0 Å². The maximum atomic E-state index is 10.6. The van der Waals surface area contributed by atoms with Crippen LogP contribution in [0.2, 0.25) is 0 Å². The van der Waals surface area contributed by atoms with Crippen LogP contribution in [0.5, 0.6) is 11.5 Å². The van der Waals surface area contributed by atoms with Gasteiger partial charge in [0.2, 0.25) is 0 Å². The molecule has 1 saturated heterocycles. The van der Waals surface area contributed by atoms with Crippen LogP contribution in [0.15, 0.2) is 24.4 Å². The zero-order valence-electron chi connectivity index (χ0n) is 15.5. The second kappa shape index (κ2) is 8.96. The number of nitrogens with zero attached hydrogens (tertiary/aromatic N) is 2. The quantitative estimate of drug-likeness (QED) is 0.795. The lowest BCUT2D eigenvalue weighted by Crippen LogP contribution is -2.47. The first kappa shape index (κ1) is 21.5. The fourth-order valence-electron chi connectivity index (χ4n) is 2.92. The van der Waals surface area contributed by atoms with Crippen molar-refractivity contribution in [3.8, 4) is 11.5 Å². The molecular formula is C18H22F3N3O4. The number of halogens is 3. The summed E-state index contributed by atoms with van der Waals surface area (Å²) in [7, 11) is 3.29. The average molecular weight is 401 g/mol. The number of carbonyl (C=O) groups is 1. The average Bonchev–Trinajstić information content (AvgIpc) is 2.62. The van der Waals surface area contributed by atoms with Crippen molar-refractivity contribution in [1.29, 1.82) is 0 Å². The van der Waals surface area contributed by atoms with E-state index in [1.807, 2.05) is 18.3 Å². The molecule has 1 fully saturated rings. The van der Waals surface area contributed by atoms with E-state index in [2.05, 4.69) is 16.0 Å². The SMILES string of the molecule is COc1cc2nccc(N3CC(CCN)C3)c2cc1OC.O=C(O)C(F)(F)F. The van der Waals surface area contributed by atoms with Crippen molar-refractivity contribution in [3.05, 3.63) is 24.4 Å². The number of aromatic nitrogens is 1. The minimum atomic E-state index is -5.08. The zero-order chi connectivity index (χ0) is 20.9. The molecule has 10 heteroatoms. The molecule has 7 nitrogen and oxygen atoms in total. The molecule has 154 valence electrons. The van der Waals surface area contributed by atoms with Crippen LogP contribution in [-0.4, -0.2) is 56.1 Å². The highest BCUT2D eigenvalue weighted by atomic mass is 19.4. The minimum Gasteiger partial charge on any atom is -0.493 e. The lowest BCUT2D eigenvalue weighted by molar-refractivity contribution is -0.192. The number of hydrogen-bond acceptors (Lipinski definition) is 6. The molecule has 0 atom stereocenters. The molecule has 0 radical (unpaired) electrons. The minimum absolute atomic E-state index is 0.707. The van der Waals surface area contributed by atoms with Gasteiger partial charge in [-0.3, -0.25) is 4.98 Å². The van der Waals surface area contributed by atoms with Crippen LogP contribution in [0, 0.1) is 5.92 Å². The van der Waals surface area contributed by atoms with Gasteiger partial charge < -0.3 is 25.2 Å². The number of hydrogen-bond donors (Lipinski definition) is 2. The van der Waals surface area contributed by atoms with Crippen molar-refractivity contribution < 1.29 is 32.5 Å². The largest absolute Gasteiger partial charge is 0.493 e. The maximum absolute atomic E-state index is 10.6. The Hall–Kier alpha value is -2.75. The second-order valence-electron chi connectivity index (χ2n) is 6.21. The highest BCUT2D eigenvalue weighted by Crippen LogP contribution is 2.37. The van der Waals surface area contributed by atoms with E-state index in [4.69, 9.17) is 25.1 Å². The number of pyridine rings is 1. The molecule has 28 heavy (non-hydrogen) atoms. The van der Waals surface area contributed by atoms with E-state index < -0.39 is 12.1 Å². The van der Waals surface area contributed by atoms with Gasteiger partial charge in [-0.25, -0.2) is 4.79 Å². The third-order valence-electron chi connectivity index (χ3n) is 4.34. The van der Waals surface area contributed by atoms with Gasteiger partial charge in [0, 0.05) is 36.4 Å². The van der Waals surface area contributed by atoms with E-state index >= 15 is 0 Å². The number of ether oxygens (including phenoxy) is 2. The van der Waals surface area contributed by atoms with Gasteiger partial charge in [0.05, 0.1) is 19.7 Å². The second-order valence-corrected chi connectivity index (χ2v) is 6.21. The Kier molecular flexibility index (Phi) is 6.90. The number of carboxylic acid groups (broad SMARTS) is 1. The summed E-state index contributed by atoms with van der Waals surface area (Å²) < 4.78 is 42.5. The van der Waals surface area contributed by atoms with Crippen molar-refractivity contribution >= 4 is 22.6 Å². The predicted molar refractivity (Wildman–Crippen MR) is 97.9 cm³/mol. The number of carboxylic acids is 1. The van der Waals surface area contributed by atoms with Crippen LogP contribution in [0.25, 0.3) is 10.9 Å². The number of alkyl halides is 3. The van der Waals surface area contributed by atoms with Crippen LogP contribution in [-0.2, 0) is 4.79 Å². The van der Waals surface area contributed by atoms with E-state index in [1.54, 1.807) is 14.2 Å². The molecule has 3 N–H and O–H groups in total.